The molecule has 0 aliphatic heterocycles. The fraction of sp³-hybridized carbons (Fsp3) is 0.100. The number of H-pyrrole nitrogens is 1. The van der Waals surface area contributed by atoms with Crippen LogP contribution in [0.2, 0.25) is 0 Å². The van der Waals surface area contributed by atoms with Gasteiger partial charge in [0.05, 0.1) is 5.69 Å². The van der Waals surface area contributed by atoms with Crippen molar-refractivity contribution in [1.29, 1.82) is 0 Å². The van der Waals surface area contributed by atoms with E-state index in [1.807, 2.05) is 13.0 Å². The van der Waals surface area contributed by atoms with Gasteiger partial charge in [-0.05, 0) is 31.2 Å². The van der Waals surface area contributed by atoms with Crippen molar-refractivity contribution in [3.8, 4) is 17.0 Å². The van der Waals surface area contributed by atoms with Crippen LogP contribution in [-0.2, 0) is 0 Å². The number of nitrogen functional groups attached to an aromatic ring is 1. The molecule has 0 amide bonds. The van der Waals surface area contributed by atoms with E-state index in [1.165, 1.54) is 0 Å². The fourth-order valence-electron chi connectivity index (χ4n) is 1.31. The van der Waals surface area contributed by atoms with Crippen LogP contribution in [0.4, 0.5) is 5.69 Å². The molecular weight excluding hydrogens is 178 g/mol. The Kier molecular flexibility index (Phi) is 1.89. The molecule has 0 fully saturated rings. The van der Waals surface area contributed by atoms with E-state index >= 15 is 0 Å². The average molecular weight is 189 g/mol. The predicted octanol–water partition coefficient (Wildman–Crippen LogP) is 1.67. The normalized spacial score (nSPS) is 10.4. The first-order chi connectivity index (χ1) is 6.66. The van der Waals surface area contributed by atoms with Gasteiger partial charge >= 0.3 is 0 Å². The number of aryl methyl sites for hydroxylation is 1. The predicted molar refractivity (Wildman–Crippen MR) is 54.8 cm³/mol. The molecule has 14 heavy (non-hydrogen) atoms. The number of anilines is 1. The van der Waals surface area contributed by atoms with Gasteiger partial charge in [-0.3, -0.25) is 5.10 Å². The first-order valence-corrected chi connectivity index (χ1v) is 4.27. The minimum atomic E-state index is 0.186. The van der Waals surface area contributed by atoms with Crippen molar-refractivity contribution >= 4 is 5.69 Å². The molecule has 1 heterocycles. The fourth-order valence-corrected chi connectivity index (χ4v) is 1.31. The van der Waals surface area contributed by atoms with Crippen molar-refractivity contribution in [2.45, 2.75) is 6.92 Å². The average Bonchev–Trinajstić information content (AvgIpc) is 2.56. The molecule has 0 saturated carbocycles. The first-order valence-electron chi connectivity index (χ1n) is 4.27. The van der Waals surface area contributed by atoms with Crippen molar-refractivity contribution in [3.63, 3.8) is 0 Å². The minimum Gasteiger partial charge on any atom is -0.507 e. The Labute approximate surface area is 81.4 Å². The maximum absolute atomic E-state index is 9.59. The number of aromatic hydroxyl groups is 1. The number of aromatic nitrogens is 2. The molecule has 0 aliphatic rings. The summed E-state index contributed by atoms with van der Waals surface area (Å²) in [5, 5.41) is 16.4. The zero-order valence-electron chi connectivity index (χ0n) is 7.78. The van der Waals surface area contributed by atoms with E-state index in [1.54, 1.807) is 18.2 Å². The number of phenolic OH excluding ortho intramolecular Hbond substituents is 1. The standard InChI is InChI=1S/C10H11N3O/c1-6-4-9(13-12-6)8-5-7(11)2-3-10(8)14/h2-5,14H,11H2,1H3,(H,12,13). The van der Waals surface area contributed by atoms with Crippen LogP contribution in [0.5, 0.6) is 5.75 Å². The van der Waals surface area contributed by atoms with Gasteiger partial charge in [0.25, 0.3) is 0 Å². The summed E-state index contributed by atoms with van der Waals surface area (Å²) in [6, 6.07) is 6.77. The van der Waals surface area contributed by atoms with Crippen LogP contribution in [0.15, 0.2) is 24.3 Å². The van der Waals surface area contributed by atoms with Crippen LogP contribution < -0.4 is 5.73 Å². The molecule has 0 spiro atoms. The Morgan fingerprint density at radius 2 is 2.14 bits per heavy atom. The second-order valence-electron chi connectivity index (χ2n) is 3.21. The highest BCUT2D eigenvalue weighted by molar-refractivity contribution is 5.70. The summed E-state index contributed by atoms with van der Waals surface area (Å²) in [6.07, 6.45) is 0. The number of nitrogens with two attached hydrogens (primary N) is 1. The van der Waals surface area contributed by atoms with E-state index in [4.69, 9.17) is 5.73 Å². The number of nitrogens with zero attached hydrogens (tertiary/aromatic N) is 1. The molecule has 0 saturated heterocycles. The molecule has 72 valence electrons. The Bertz CT molecular complexity index is 462. The third kappa shape index (κ3) is 1.42. The second-order valence-corrected chi connectivity index (χ2v) is 3.21. The van der Waals surface area contributed by atoms with Gasteiger partial charge in [-0.1, -0.05) is 0 Å². The van der Waals surface area contributed by atoms with Crippen molar-refractivity contribution < 1.29 is 5.11 Å². The first kappa shape index (κ1) is 8.62. The van der Waals surface area contributed by atoms with Gasteiger partial charge < -0.3 is 10.8 Å². The number of nitrogens with one attached hydrogen (secondary N) is 1. The highest BCUT2D eigenvalue weighted by atomic mass is 16.3. The molecule has 2 rings (SSSR count). The molecule has 2 aromatic rings. The lowest BCUT2D eigenvalue weighted by molar-refractivity contribution is 0.477. The van der Waals surface area contributed by atoms with Crippen molar-refractivity contribution in [2.24, 2.45) is 0 Å². The number of rotatable bonds is 1. The molecule has 4 nitrogen and oxygen atoms in total. The van der Waals surface area contributed by atoms with Crippen molar-refractivity contribution in [2.75, 3.05) is 5.73 Å². The molecule has 0 aliphatic carbocycles. The summed E-state index contributed by atoms with van der Waals surface area (Å²) in [7, 11) is 0. The van der Waals surface area contributed by atoms with E-state index in [2.05, 4.69) is 10.2 Å². The van der Waals surface area contributed by atoms with E-state index < -0.39 is 0 Å². The highest BCUT2D eigenvalue weighted by Gasteiger charge is 2.07. The maximum atomic E-state index is 9.59. The Hall–Kier alpha value is -1.97. The van der Waals surface area contributed by atoms with Gasteiger partial charge in [0, 0.05) is 16.9 Å². The van der Waals surface area contributed by atoms with Gasteiger partial charge in [0.2, 0.25) is 0 Å². The van der Waals surface area contributed by atoms with Gasteiger partial charge in [-0.15, -0.1) is 0 Å². The Morgan fingerprint density at radius 3 is 2.79 bits per heavy atom. The summed E-state index contributed by atoms with van der Waals surface area (Å²) in [6.45, 7) is 1.90. The molecule has 4 heteroatoms. The van der Waals surface area contributed by atoms with Crippen molar-refractivity contribution in [1.82, 2.24) is 10.2 Å². The molecule has 1 aromatic carbocycles. The maximum Gasteiger partial charge on any atom is 0.125 e. The lowest BCUT2D eigenvalue weighted by atomic mass is 10.1. The van der Waals surface area contributed by atoms with Gasteiger partial charge in [0.1, 0.15) is 5.75 Å². The molecule has 4 N–H and O–H groups in total. The van der Waals surface area contributed by atoms with Gasteiger partial charge in [-0.25, -0.2) is 0 Å². The Balaban J connectivity index is 2.55. The summed E-state index contributed by atoms with van der Waals surface area (Å²) < 4.78 is 0. The lowest BCUT2D eigenvalue weighted by Crippen LogP contribution is -1.86. The smallest absolute Gasteiger partial charge is 0.125 e. The number of benzene rings is 1. The SMILES string of the molecule is Cc1cc(-c2cc(N)ccc2O)n[nH]1. The minimum absolute atomic E-state index is 0.186. The van der Waals surface area contributed by atoms with Gasteiger partial charge in [-0.2, -0.15) is 5.10 Å². The summed E-state index contributed by atoms with van der Waals surface area (Å²) in [4.78, 5) is 0. The third-order valence-electron chi connectivity index (χ3n) is 2.00. The number of hydrogen-bond acceptors (Lipinski definition) is 3. The summed E-state index contributed by atoms with van der Waals surface area (Å²) in [5.74, 6) is 0.186. The summed E-state index contributed by atoms with van der Waals surface area (Å²) in [5.41, 5.74) is 8.53. The monoisotopic (exact) mass is 189 g/mol. The van der Waals surface area contributed by atoms with E-state index in [0.29, 0.717) is 16.9 Å². The van der Waals surface area contributed by atoms with Crippen LogP contribution in [-0.4, -0.2) is 15.3 Å². The summed E-state index contributed by atoms with van der Waals surface area (Å²) >= 11 is 0. The largest absolute Gasteiger partial charge is 0.507 e. The quantitative estimate of drug-likeness (QED) is 0.472. The van der Waals surface area contributed by atoms with Crippen LogP contribution in [0.25, 0.3) is 11.3 Å². The number of aromatic amines is 1. The molecule has 0 unspecified atom stereocenters. The van der Waals surface area contributed by atoms with Crippen LogP contribution >= 0.6 is 0 Å². The van der Waals surface area contributed by atoms with E-state index in [9.17, 15) is 5.11 Å². The van der Waals surface area contributed by atoms with Crippen LogP contribution in [0.1, 0.15) is 5.69 Å². The second kappa shape index (κ2) is 3.06. The highest BCUT2D eigenvalue weighted by Crippen LogP contribution is 2.29. The zero-order valence-corrected chi connectivity index (χ0v) is 7.78. The van der Waals surface area contributed by atoms with Crippen LogP contribution in [0, 0.1) is 6.92 Å². The molecule has 1 aromatic heterocycles. The number of phenols is 1. The molecule has 0 bridgehead atoms. The van der Waals surface area contributed by atoms with E-state index in [-0.39, 0.29) is 5.75 Å². The zero-order chi connectivity index (χ0) is 10.1. The third-order valence-corrected chi connectivity index (χ3v) is 2.00. The Morgan fingerprint density at radius 1 is 1.36 bits per heavy atom. The number of hydrogen-bond donors (Lipinski definition) is 3. The van der Waals surface area contributed by atoms with Crippen LogP contribution in [0.3, 0.4) is 0 Å². The molecule has 0 atom stereocenters. The lowest BCUT2D eigenvalue weighted by Gasteiger charge is -2.01. The molecular formula is C10H11N3O. The van der Waals surface area contributed by atoms with Crippen molar-refractivity contribution in [3.05, 3.63) is 30.0 Å². The van der Waals surface area contributed by atoms with Gasteiger partial charge in [0.15, 0.2) is 0 Å². The topological polar surface area (TPSA) is 74.9 Å². The van der Waals surface area contributed by atoms with E-state index in [0.717, 1.165) is 5.69 Å². The molecule has 0 radical (unpaired) electrons.